The lowest BCUT2D eigenvalue weighted by atomic mass is 10.3. The highest BCUT2D eigenvalue weighted by Gasteiger charge is 2.14. The fourth-order valence-corrected chi connectivity index (χ4v) is 2.23. The van der Waals surface area contributed by atoms with Gasteiger partial charge in [0.05, 0.1) is 26.6 Å². The van der Waals surface area contributed by atoms with Gasteiger partial charge in [-0.3, -0.25) is 10.1 Å². The first-order valence-electron chi connectivity index (χ1n) is 5.01. The molecule has 20 heavy (non-hydrogen) atoms. The number of hydrogen-bond donors (Lipinski definition) is 0. The Balaban J connectivity index is 2.40. The molecule has 1 heterocycles. The van der Waals surface area contributed by atoms with Crippen LogP contribution in [0.5, 0.6) is 11.6 Å². The van der Waals surface area contributed by atoms with Gasteiger partial charge in [0.15, 0.2) is 0 Å². The molecule has 0 saturated heterocycles. The maximum atomic E-state index is 13.4. The summed E-state index contributed by atoms with van der Waals surface area (Å²) in [6.07, 6.45) is 0. The minimum atomic E-state index is -0.693. The molecule has 0 aliphatic rings. The van der Waals surface area contributed by atoms with Gasteiger partial charge in [0.2, 0.25) is 5.88 Å². The maximum absolute atomic E-state index is 13.4. The van der Waals surface area contributed by atoms with Crippen LogP contribution in [0.2, 0.25) is 10.2 Å². The molecule has 2 aromatic rings. The number of benzene rings is 1. The van der Waals surface area contributed by atoms with E-state index < -0.39 is 10.7 Å². The van der Waals surface area contributed by atoms with Crippen molar-refractivity contribution in [3.8, 4) is 11.6 Å². The number of nitro groups is 1. The van der Waals surface area contributed by atoms with Crippen LogP contribution < -0.4 is 4.74 Å². The molecule has 0 atom stereocenters. The highest BCUT2D eigenvalue weighted by atomic mass is 79.9. The van der Waals surface area contributed by atoms with E-state index in [4.69, 9.17) is 27.9 Å². The van der Waals surface area contributed by atoms with Crippen LogP contribution in [0.1, 0.15) is 0 Å². The molecular weight excluding hydrogens is 378 g/mol. The molecule has 1 aromatic carbocycles. The molecular formula is C11H4BrCl2FN2O3. The van der Waals surface area contributed by atoms with Crippen molar-refractivity contribution in [1.29, 1.82) is 0 Å². The summed E-state index contributed by atoms with van der Waals surface area (Å²) >= 11 is 14.4. The summed E-state index contributed by atoms with van der Waals surface area (Å²) < 4.78 is 19.0. The number of hydrogen-bond acceptors (Lipinski definition) is 4. The lowest BCUT2D eigenvalue weighted by molar-refractivity contribution is -0.385. The topological polar surface area (TPSA) is 65.3 Å². The minimum absolute atomic E-state index is 0.0657. The third-order valence-corrected chi connectivity index (χ3v) is 3.26. The van der Waals surface area contributed by atoms with Crippen molar-refractivity contribution in [2.75, 3.05) is 0 Å². The molecule has 0 bridgehead atoms. The van der Waals surface area contributed by atoms with E-state index in [9.17, 15) is 14.5 Å². The predicted octanol–water partition coefficient (Wildman–Crippen LogP) is 4.99. The summed E-state index contributed by atoms with van der Waals surface area (Å²) in [5.74, 6) is -0.760. The number of rotatable bonds is 3. The Kier molecular flexibility index (Phi) is 4.42. The van der Waals surface area contributed by atoms with Crippen LogP contribution in [0.15, 0.2) is 28.7 Å². The molecule has 0 aliphatic heterocycles. The van der Waals surface area contributed by atoms with Gasteiger partial charge in [0, 0.05) is 6.07 Å². The zero-order valence-corrected chi connectivity index (χ0v) is 12.5. The highest BCUT2D eigenvalue weighted by Crippen LogP contribution is 2.34. The van der Waals surface area contributed by atoms with Crippen LogP contribution in [0.3, 0.4) is 0 Å². The third-order valence-electron chi connectivity index (χ3n) is 2.16. The summed E-state index contributed by atoms with van der Waals surface area (Å²) in [4.78, 5) is 13.8. The number of nitrogens with zero attached hydrogens (tertiary/aromatic N) is 2. The van der Waals surface area contributed by atoms with Gasteiger partial charge in [-0.15, -0.1) is 0 Å². The van der Waals surface area contributed by atoms with E-state index in [1.165, 1.54) is 6.07 Å². The summed E-state index contributed by atoms with van der Waals surface area (Å²) in [5, 5.41) is 10.5. The van der Waals surface area contributed by atoms with E-state index in [2.05, 4.69) is 20.9 Å². The van der Waals surface area contributed by atoms with E-state index in [-0.39, 0.29) is 27.5 Å². The Bertz CT molecular complexity index is 700. The SMILES string of the molecule is O=[N+]([O-])c1cc(Cl)nc(Oc2cc(F)c(Cl)cc2Br)c1. The second-order valence-electron chi connectivity index (χ2n) is 3.54. The predicted molar refractivity (Wildman–Crippen MR) is 75.1 cm³/mol. The molecule has 104 valence electrons. The van der Waals surface area contributed by atoms with Gasteiger partial charge in [0.1, 0.15) is 16.7 Å². The second kappa shape index (κ2) is 5.90. The number of ether oxygens (including phenoxy) is 1. The standard InChI is InChI=1S/C11H4BrCl2FN2O3/c12-6-3-7(13)8(15)4-9(6)20-11-2-5(17(18)19)1-10(14)16-11/h1-4H. The van der Waals surface area contributed by atoms with E-state index in [0.29, 0.717) is 4.47 Å². The van der Waals surface area contributed by atoms with E-state index in [0.717, 1.165) is 18.2 Å². The van der Waals surface area contributed by atoms with Crippen LogP contribution in [0.4, 0.5) is 10.1 Å². The van der Waals surface area contributed by atoms with Crippen molar-refractivity contribution >= 4 is 44.8 Å². The summed E-state index contributed by atoms with van der Waals surface area (Å²) in [5.41, 5.74) is -0.287. The van der Waals surface area contributed by atoms with Gasteiger partial charge in [0.25, 0.3) is 5.69 Å². The highest BCUT2D eigenvalue weighted by molar-refractivity contribution is 9.10. The molecule has 5 nitrogen and oxygen atoms in total. The average molecular weight is 382 g/mol. The maximum Gasteiger partial charge on any atom is 0.277 e. The zero-order valence-electron chi connectivity index (χ0n) is 9.44. The number of aromatic nitrogens is 1. The molecule has 0 unspecified atom stereocenters. The third kappa shape index (κ3) is 3.36. The molecule has 0 radical (unpaired) electrons. The van der Waals surface area contributed by atoms with E-state index >= 15 is 0 Å². The lowest BCUT2D eigenvalue weighted by Gasteiger charge is -2.08. The van der Waals surface area contributed by atoms with Gasteiger partial charge in [-0.2, -0.15) is 0 Å². The van der Waals surface area contributed by atoms with Gasteiger partial charge in [-0.05, 0) is 22.0 Å². The normalized spacial score (nSPS) is 10.4. The summed E-state index contributed by atoms with van der Waals surface area (Å²) in [6.45, 7) is 0. The molecule has 2 rings (SSSR count). The van der Waals surface area contributed by atoms with Gasteiger partial charge in [-0.25, -0.2) is 9.37 Å². The Morgan fingerprint density at radius 2 is 2.00 bits per heavy atom. The fourth-order valence-electron chi connectivity index (χ4n) is 1.31. The summed E-state index contributed by atoms with van der Waals surface area (Å²) in [7, 11) is 0. The quantitative estimate of drug-likeness (QED) is 0.325. The molecule has 1 aromatic heterocycles. The van der Waals surface area contributed by atoms with Crippen molar-refractivity contribution in [1.82, 2.24) is 4.98 Å². The van der Waals surface area contributed by atoms with Crippen molar-refractivity contribution in [2.24, 2.45) is 0 Å². The summed E-state index contributed by atoms with van der Waals surface area (Å²) in [6, 6.07) is 4.47. The van der Waals surface area contributed by atoms with Crippen molar-refractivity contribution in [3.05, 3.63) is 54.8 Å². The average Bonchev–Trinajstić information content (AvgIpc) is 2.35. The Morgan fingerprint density at radius 1 is 1.30 bits per heavy atom. The Hall–Kier alpha value is -1.44. The Morgan fingerprint density at radius 3 is 2.65 bits per heavy atom. The largest absolute Gasteiger partial charge is 0.437 e. The lowest BCUT2D eigenvalue weighted by Crippen LogP contribution is -1.94. The first-order chi connectivity index (χ1) is 9.36. The van der Waals surface area contributed by atoms with Crippen LogP contribution in [0, 0.1) is 15.9 Å². The monoisotopic (exact) mass is 380 g/mol. The zero-order chi connectivity index (χ0) is 14.9. The molecule has 0 spiro atoms. The minimum Gasteiger partial charge on any atom is -0.437 e. The van der Waals surface area contributed by atoms with Crippen LogP contribution in [0.25, 0.3) is 0 Å². The molecule has 0 amide bonds. The molecule has 0 aliphatic carbocycles. The first kappa shape index (κ1) is 15.0. The smallest absolute Gasteiger partial charge is 0.277 e. The molecule has 0 N–H and O–H groups in total. The Labute approximate surface area is 130 Å². The van der Waals surface area contributed by atoms with Gasteiger partial charge < -0.3 is 4.74 Å². The van der Waals surface area contributed by atoms with Crippen LogP contribution in [-0.2, 0) is 0 Å². The molecule has 9 heteroatoms. The second-order valence-corrected chi connectivity index (χ2v) is 5.19. The van der Waals surface area contributed by atoms with Crippen molar-refractivity contribution in [3.63, 3.8) is 0 Å². The van der Waals surface area contributed by atoms with E-state index in [1.54, 1.807) is 0 Å². The van der Waals surface area contributed by atoms with Crippen molar-refractivity contribution < 1.29 is 14.1 Å². The first-order valence-corrected chi connectivity index (χ1v) is 6.56. The number of pyridine rings is 1. The number of halogens is 4. The van der Waals surface area contributed by atoms with Gasteiger partial charge in [-0.1, -0.05) is 23.2 Å². The van der Waals surface area contributed by atoms with Gasteiger partial charge >= 0.3 is 0 Å². The van der Waals surface area contributed by atoms with E-state index in [1.807, 2.05) is 0 Å². The van der Waals surface area contributed by atoms with Crippen molar-refractivity contribution in [2.45, 2.75) is 0 Å². The van der Waals surface area contributed by atoms with Crippen LogP contribution in [-0.4, -0.2) is 9.91 Å². The molecule has 0 fully saturated rings. The van der Waals surface area contributed by atoms with Crippen LogP contribution >= 0.6 is 39.1 Å². The fraction of sp³-hybridized carbons (Fsp3) is 0. The molecule has 0 saturated carbocycles.